The minimum Gasteiger partial charge on any atom is -0.399 e. The molecular formula is C106H74BBrN2O2. The number of hydrogen-bond acceptors (Lipinski definition) is 4. The quantitative estimate of drug-likeness (QED) is 0.0906. The summed E-state index contributed by atoms with van der Waals surface area (Å²) >= 11 is 3.49. The maximum absolute atomic E-state index is 6.53. The number of para-hydroxylation sites is 2. The van der Waals surface area contributed by atoms with Gasteiger partial charge in [0.25, 0.3) is 0 Å². The van der Waals surface area contributed by atoms with Gasteiger partial charge in [0.05, 0.1) is 33.6 Å². The molecule has 0 spiro atoms. The molecule has 0 bridgehead atoms. The molecule has 2 aromatic heterocycles. The maximum Gasteiger partial charge on any atom is 0.494 e. The van der Waals surface area contributed by atoms with Crippen LogP contribution in [0.4, 0.5) is 0 Å². The van der Waals surface area contributed by atoms with Crippen molar-refractivity contribution in [1.29, 1.82) is 0 Å². The van der Waals surface area contributed by atoms with Crippen LogP contribution >= 0.6 is 15.9 Å². The van der Waals surface area contributed by atoms with Gasteiger partial charge in [0, 0.05) is 37.1 Å². The Balaban J connectivity index is 0.000000117. The van der Waals surface area contributed by atoms with Gasteiger partial charge in [-0.05, 0) is 229 Å². The number of aromatic nitrogens is 2. The lowest BCUT2D eigenvalue weighted by atomic mass is 9.76. The van der Waals surface area contributed by atoms with Crippen molar-refractivity contribution in [1.82, 2.24) is 9.97 Å². The van der Waals surface area contributed by atoms with Gasteiger partial charge in [-0.2, -0.15) is 0 Å². The summed E-state index contributed by atoms with van der Waals surface area (Å²) in [5.74, 6) is 0. The number of halogens is 1. The molecule has 112 heavy (non-hydrogen) atoms. The molecular weight excluding hydrogens is 1420 g/mol. The second-order valence-electron chi connectivity index (χ2n) is 30.5. The smallest absolute Gasteiger partial charge is 0.399 e. The van der Waals surface area contributed by atoms with Crippen LogP contribution in [0.3, 0.4) is 0 Å². The molecule has 6 heteroatoms. The van der Waals surface area contributed by atoms with Crippen LogP contribution in [0.1, 0.15) is 27.7 Å². The van der Waals surface area contributed by atoms with E-state index in [0.29, 0.717) is 0 Å². The Bertz CT molecular complexity index is 7360. The third-order valence-electron chi connectivity index (χ3n) is 23.4. The first-order chi connectivity index (χ1) is 54.9. The van der Waals surface area contributed by atoms with E-state index in [1.807, 2.05) is 6.07 Å². The lowest BCUT2D eigenvalue weighted by Crippen LogP contribution is -2.41. The molecule has 0 radical (unpaired) electrons. The molecule has 0 N–H and O–H groups in total. The third kappa shape index (κ3) is 12.1. The molecule has 3 heterocycles. The molecule has 0 saturated carbocycles. The lowest BCUT2D eigenvalue weighted by Gasteiger charge is -2.32. The van der Waals surface area contributed by atoms with E-state index in [4.69, 9.17) is 19.3 Å². The van der Waals surface area contributed by atoms with E-state index in [1.165, 1.54) is 163 Å². The highest BCUT2D eigenvalue weighted by molar-refractivity contribution is 9.10. The molecule has 0 atom stereocenters. The standard InChI is InChI=1S/C47H29N.C40H33BO2.C19H12BrN/c1-3-13-32-27-34(23-21-30(32)11-1)45-39-17-6-7-18-40(39)46(35-24-22-31-12-2-4-14-33(31)28-35)43-29-36(25-26-41(43)45)47-42-19-8-5-15-37(42)38-16-9-10-20-44(38)48-47;1-39(2)40(3,4)43-41(42-39)32-21-22-35-36(25-32)38(31-20-18-27-12-6-8-14-29(27)24-31)34-16-10-9-15-33(34)37(35)30-19-17-26-11-5-7-13-28(26)23-30;20-14-11-9-13(10-12-14)19-17-7-2-1-5-15(17)16-6-3-4-8-18(16)21-19/h1-29H;5-25H,1-4H3;1-12H. The fraction of sp³-hybridized carbons (Fsp3) is 0.0566. The van der Waals surface area contributed by atoms with Gasteiger partial charge in [-0.15, -0.1) is 0 Å². The van der Waals surface area contributed by atoms with Gasteiger partial charge < -0.3 is 9.31 Å². The largest absolute Gasteiger partial charge is 0.494 e. The fourth-order valence-electron chi connectivity index (χ4n) is 17.1. The van der Waals surface area contributed by atoms with E-state index < -0.39 is 18.3 Å². The Kier molecular flexibility index (Phi) is 17.0. The summed E-state index contributed by atoms with van der Waals surface area (Å²) in [5.41, 5.74) is 16.4. The van der Waals surface area contributed by atoms with Crippen molar-refractivity contribution < 1.29 is 9.31 Å². The van der Waals surface area contributed by atoms with Gasteiger partial charge in [0.1, 0.15) is 0 Å². The van der Waals surface area contributed by atoms with Gasteiger partial charge >= 0.3 is 7.12 Å². The Morgan fingerprint density at radius 3 is 0.893 bits per heavy atom. The summed E-state index contributed by atoms with van der Waals surface area (Å²) in [4.78, 5) is 10.2. The molecule has 4 nitrogen and oxygen atoms in total. The first kappa shape index (κ1) is 68.3. The highest BCUT2D eigenvalue weighted by Crippen LogP contribution is 2.49. The summed E-state index contributed by atoms with van der Waals surface area (Å²) in [6.07, 6.45) is 0. The molecule has 22 rings (SSSR count). The van der Waals surface area contributed by atoms with Gasteiger partial charge in [0.2, 0.25) is 0 Å². The summed E-state index contributed by atoms with van der Waals surface area (Å²) < 4.78 is 14.1. The van der Waals surface area contributed by atoms with Crippen LogP contribution in [-0.2, 0) is 9.31 Å². The van der Waals surface area contributed by atoms with Crippen molar-refractivity contribution in [2.24, 2.45) is 0 Å². The molecule has 0 unspecified atom stereocenters. The van der Waals surface area contributed by atoms with Crippen molar-refractivity contribution in [3.63, 3.8) is 0 Å². The predicted molar refractivity (Wildman–Crippen MR) is 481 cm³/mol. The highest BCUT2D eigenvalue weighted by atomic mass is 79.9. The number of hydrogen-bond donors (Lipinski definition) is 0. The van der Waals surface area contributed by atoms with Crippen LogP contribution in [0.5, 0.6) is 0 Å². The van der Waals surface area contributed by atoms with E-state index in [9.17, 15) is 0 Å². The maximum atomic E-state index is 6.53. The molecule has 1 aliphatic heterocycles. The summed E-state index contributed by atoms with van der Waals surface area (Å²) in [7, 11) is -0.436. The van der Waals surface area contributed by atoms with Crippen LogP contribution in [0.2, 0.25) is 0 Å². The highest BCUT2D eigenvalue weighted by Gasteiger charge is 2.52. The van der Waals surface area contributed by atoms with E-state index in [1.54, 1.807) is 0 Å². The number of fused-ring (bicyclic) bond motifs is 14. The molecule has 21 aromatic rings. The van der Waals surface area contributed by atoms with Crippen molar-refractivity contribution in [3.05, 3.63) is 381 Å². The van der Waals surface area contributed by atoms with Crippen LogP contribution < -0.4 is 5.46 Å². The Morgan fingerprint density at radius 2 is 0.500 bits per heavy atom. The van der Waals surface area contributed by atoms with Crippen LogP contribution in [0, 0.1) is 0 Å². The average molecular weight is 1500 g/mol. The third-order valence-corrected chi connectivity index (χ3v) is 23.9. The zero-order chi connectivity index (χ0) is 75.2. The Hall–Kier alpha value is -12.9. The zero-order valence-corrected chi connectivity index (χ0v) is 64.0. The first-order valence-corrected chi connectivity index (χ1v) is 39.3. The Morgan fingerprint density at radius 1 is 0.223 bits per heavy atom. The van der Waals surface area contributed by atoms with Gasteiger partial charge in [-0.1, -0.05) is 337 Å². The number of pyridine rings is 2. The minimum atomic E-state index is -0.436. The first-order valence-electron chi connectivity index (χ1n) is 38.5. The predicted octanol–water partition coefficient (Wildman–Crippen LogP) is 28.8. The molecule has 1 saturated heterocycles. The molecule has 1 fully saturated rings. The van der Waals surface area contributed by atoms with Crippen LogP contribution in [-0.4, -0.2) is 28.3 Å². The van der Waals surface area contributed by atoms with Crippen molar-refractivity contribution in [3.8, 4) is 67.0 Å². The lowest BCUT2D eigenvalue weighted by molar-refractivity contribution is 0.00578. The minimum absolute atomic E-state index is 0.409. The van der Waals surface area contributed by atoms with Gasteiger partial charge in [-0.3, -0.25) is 0 Å². The average Bonchev–Trinajstić information content (AvgIpc) is 1.18. The van der Waals surface area contributed by atoms with Crippen molar-refractivity contribution in [2.75, 3.05) is 0 Å². The van der Waals surface area contributed by atoms with Gasteiger partial charge in [0.15, 0.2) is 0 Å². The second-order valence-corrected chi connectivity index (χ2v) is 31.5. The summed E-state index contributed by atoms with van der Waals surface area (Å²) in [5, 5.41) is 27.0. The van der Waals surface area contributed by atoms with Crippen molar-refractivity contribution >= 4 is 158 Å². The Labute approximate surface area is 659 Å². The van der Waals surface area contributed by atoms with E-state index >= 15 is 0 Å². The molecule has 0 amide bonds. The fourth-order valence-corrected chi connectivity index (χ4v) is 17.4. The zero-order valence-electron chi connectivity index (χ0n) is 62.5. The van der Waals surface area contributed by atoms with E-state index in [2.05, 4.69) is 414 Å². The topological polar surface area (TPSA) is 44.2 Å². The molecule has 19 aromatic carbocycles. The summed E-state index contributed by atoms with van der Waals surface area (Å²) in [6.45, 7) is 8.44. The van der Waals surface area contributed by atoms with Crippen molar-refractivity contribution in [2.45, 2.75) is 38.9 Å². The van der Waals surface area contributed by atoms with Gasteiger partial charge in [-0.25, -0.2) is 9.97 Å². The summed E-state index contributed by atoms with van der Waals surface area (Å²) in [6, 6.07) is 136. The number of nitrogens with zero attached hydrogens (tertiary/aromatic N) is 2. The SMILES string of the molecule is Brc1ccc(-c2nc3ccccc3c3ccccc23)cc1.CC1(C)OB(c2ccc3c(-c4ccc5ccccc5c4)c4ccccc4c(-c4ccc5ccccc5c4)c3c2)OC1(C)C.c1ccc2cc(-c3c4ccccc4c(-c4ccc5ccccc5c4)c4cc(-c5nc6ccccc6c6ccccc56)ccc34)ccc2c1. The van der Waals surface area contributed by atoms with Crippen LogP contribution in [0.25, 0.3) is 197 Å². The second kappa shape index (κ2) is 27.9. The monoisotopic (exact) mass is 1500 g/mol. The van der Waals surface area contributed by atoms with Crippen LogP contribution in [0.15, 0.2) is 381 Å². The van der Waals surface area contributed by atoms with E-state index in [0.717, 1.165) is 43.5 Å². The molecule has 1 aliphatic rings. The normalized spacial score (nSPS) is 13.3. The number of benzene rings is 19. The molecule has 0 aliphatic carbocycles. The molecule has 530 valence electrons. The number of rotatable bonds is 7. The van der Waals surface area contributed by atoms with E-state index in [-0.39, 0.29) is 0 Å².